The second-order valence-corrected chi connectivity index (χ2v) is 9.44. The number of aromatic nitrogens is 3. The fraction of sp³-hybridized carbons (Fsp3) is 0.333. The van der Waals surface area contributed by atoms with E-state index in [-0.39, 0.29) is 17.6 Å². The summed E-state index contributed by atoms with van der Waals surface area (Å²) in [6.45, 7) is 3.19. The maximum absolute atomic E-state index is 13.2. The minimum absolute atomic E-state index is 0.167. The van der Waals surface area contributed by atoms with Crippen LogP contribution in [0.15, 0.2) is 55.0 Å². The van der Waals surface area contributed by atoms with Crippen LogP contribution in [0.4, 0.5) is 13.2 Å². The van der Waals surface area contributed by atoms with Gasteiger partial charge in [0, 0.05) is 48.0 Å². The van der Waals surface area contributed by atoms with Gasteiger partial charge in [-0.25, -0.2) is 4.79 Å². The highest BCUT2D eigenvalue weighted by Gasteiger charge is 2.35. The molecular formula is C27H27F3N4O3. The summed E-state index contributed by atoms with van der Waals surface area (Å²) in [5.74, 6) is -0.242. The van der Waals surface area contributed by atoms with Crippen molar-refractivity contribution in [1.82, 2.24) is 19.7 Å². The number of likely N-dealkylation sites (tertiary alicyclic amines) is 1. The summed E-state index contributed by atoms with van der Waals surface area (Å²) >= 11 is 0. The Morgan fingerprint density at radius 2 is 2.00 bits per heavy atom. The highest BCUT2D eigenvalue weighted by atomic mass is 19.4. The van der Waals surface area contributed by atoms with Gasteiger partial charge < -0.3 is 14.8 Å². The van der Waals surface area contributed by atoms with Crippen LogP contribution in [0.1, 0.15) is 57.5 Å². The highest BCUT2D eigenvalue weighted by molar-refractivity contribution is 5.88. The second-order valence-electron chi connectivity index (χ2n) is 9.44. The first-order valence-electron chi connectivity index (χ1n) is 12.0. The van der Waals surface area contributed by atoms with E-state index in [0.29, 0.717) is 25.9 Å². The van der Waals surface area contributed by atoms with E-state index in [0.717, 1.165) is 45.7 Å². The van der Waals surface area contributed by atoms with Crippen molar-refractivity contribution in [1.29, 1.82) is 0 Å². The van der Waals surface area contributed by atoms with Crippen LogP contribution in [0.2, 0.25) is 0 Å². The lowest BCUT2D eigenvalue weighted by molar-refractivity contribution is -0.137. The molecule has 0 unspecified atom stereocenters. The molecule has 4 aromatic rings. The van der Waals surface area contributed by atoms with Crippen molar-refractivity contribution in [2.75, 3.05) is 13.7 Å². The normalized spacial score (nSPS) is 18.8. The first-order chi connectivity index (χ1) is 17.7. The van der Waals surface area contributed by atoms with E-state index in [4.69, 9.17) is 4.74 Å². The van der Waals surface area contributed by atoms with E-state index in [9.17, 15) is 23.1 Å². The van der Waals surface area contributed by atoms with Gasteiger partial charge >= 0.3 is 12.1 Å². The highest BCUT2D eigenvalue weighted by Crippen LogP contribution is 2.41. The number of hydrogen-bond acceptors (Lipinski definition) is 4. The zero-order valence-electron chi connectivity index (χ0n) is 20.4. The smallest absolute Gasteiger partial charge is 0.419 e. The van der Waals surface area contributed by atoms with Crippen LogP contribution in [-0.2, 0) is 12.7 Å². The molecule has 1 fully saturated rings. The number of aromatic carboxylic acids is 1. The number of rotatable bonds is 6. The van der Waals surface area contributed by atoms with E-state index >= 15 is 0 Å². The van der Waals surface area contributed by atoms with Crippen molar-refractivity contribution in [2.24, 2.45) is 0 Å². The number of H-pyrrole nitrogens is 1. The summed E-state index contributed by atoms with van der Waals surface area (Å²) in [5.41, 5.74) is 3.43. The molecule has 2 aromatic carbocycles. The third kappa shape index (κ3) is 4.81. The predicted molar refractivity (Wildman–Crippen MR) is 132 cm³/mol. The van der Waals surface area contributed by atoms with Gasteiger partial charge in [-0.2, -0.15) is 18.3 Å². The molecule has 1 saturated heterocycles. The summed E-state index contributed by atoms with van der Waals surface area (Å²) in [5, 5.41) is 14.4. The molecule has 0 spiro atoms. The van der Waals surface area contributed by atoms with Gasteiger partial charge in [0.2, 0.25) is 0 Å². The topological polar surface area (TPSA) is 83.4 Å². The SMILES string of the molecule is COc1cc(C)c2[nH]ccc2c1CN1CC[C@@H](n2cc(C(F)(F)F)cn2)C[C@H]1c1ccc(C(=O)O)cc1. The Bertz CT molecular complexity index is 1430. The van der Waals surface area contributed by atoms with Crippen LogP contribution in [0.25, 0.3) is 10.9 Å². The fourth-order valence-corrected chi connectivity index (χ4v) is 5.29. The molecule has 10 heteroatoms. The molecule has 2 atom stereocenters. The fourth-order valence-electron chi connectivity index (χ4n) is 5.29. The summed E-state index contributed by atoms with van der Waals surface area (Å²) in [6.07, 6.45) is 0.517. The van der Waals surface area contributed by atoms with Gasteiger partial charge in [-0.3, -0.25) is 9.58 Å². The average molecular weight is 513 g/mol. The molecular weight excluding hydrogens is 485 g/mol. The molecule has 2 aromatic heterocycles. The number of aryl methyl sites for hydroxylation is 1. The predicted octanol–water partition coefficient (Wildman–Crippen LogP) is 5.98. The van der Waals surface area contributed by atoms with E-state index in [1.165, 1.54) is 4.68 Å². The van der Waals surface area contributed by atoms with E-state index in [2.05, 4.69) is 15.0 Å². The number of hydrogen-bond donors (Lipinski definition) is 2. The van der Waals surface area contributed by atoms with Crippen molar-refractivity contribution >= 4 is 16.9 Å². The maximum Gasteiger partial charge on any atom is 0.419 e. The first kappa shape index (κ1) is 24.9. The maximum atomic E-state index is 13.2. The summed E-state index contributed by atoms with van der Waals surface area (Å²) in [7, 11) is 1.64. The van der Waals surface area contributed by atoms with Gasteiger partial charge in [-0.15, -0.1) is 0 Å². The lowest BCUT2D eigenvalue weighted by Gasteiger charge is -2.40. The lowest BCUT2D eigenvalue weighted by atomic mass is 9.90. The zero-order valence-corrected chi connectivity index (χ0v) is 20.4. The van der Waals surface area contributed by atoms with Crippen LogP contribution < -0.4 is 4.74 Å². The van der Waals surface area contributed by atoms with Crippen LogP contribution in [0, 0.1) is 6.92 Å². The largest absolute Gasteiger partial charge is 0.496 e. The number of nitrogens with one attached hydrogen (secondary N) is 1. The van der Waals surface area contributed by atoms with Crippen molar-refractivity contribution in [3.8, 4) is 5.75 Å². The van der Waals surface area contributed by atoms with Gasteiger partial charge in [0.25, 0.3) is 0 Å². The van der Waals surface area contributed by atoms with Gasteiger partial charge in [0.1, 0.15) is 5.75 Å². The number of carbonyl (C=O) groups is 1. The number of alkyl halides is 3. The number of carboxylic acids is 1. The lowest BCUT2D eigenvalue weighted by Crippen LogP contribution is -2.37. The molecule has 0 saturated carbocycles. The summed E-state index contributed by atoms with van der Waals surface area (Å²) in [4.78, 5) is 16.9. The van der Waals surface area contributed by atoms with E-state index in [1.807, 2.05) is 25.3 Å². The first-order valence-corrected chi connectivity index (χ1v) is 12.0. The minimum Gasteiger partial charge on any atom is -0.496 e. The molecule has 1 aliphatic rings. The van der Waals surface area contributed by atoms with Crippen molar-refractivity contribution in [2.45, 2.75) is 44.6 Å². The number of carboxylic acid groups (broad SMARTS) is 1. The molecule has 37 heavy (non-hydrogen) atoms. The number of ether oxygens (including phenoxy) is 1. The van der Waals surface area contributed by atoms with Crippen LogP contribution in [-0.4, -0.2) is 44.4 Å². The Hall–Kier alpha value is -3.79. The Morgan fingerprint density at radius 3 is 2.65 bits per heavy atom. The number of aromatic amines is 1. The molecule has 7 nitrogen and oxygen atoms in total. The van der Waals surface area contributed by atoms with Crippen molar-refractivity contribution in [3.63, 3.8) is 0 Å². The number of fused-ring (bicyclic) bond motifs is 1. The minimum atomic E-state index is -4.45. The number of methoxy groups -OCH3 is 1. The molecule has 3 heterocycles. The zero-order chi connectivity index (χ0) is 26.3. The summed E-state index contributed by atoms with van der Waals surface area (Å²) in [6, 6.07) is 10.3. The molecule has 1 aliphatic heterocycles. The van der Waals surface area contributed by atoms with E-state index < -0.39 is 17.7 Å². The molecule has 0 bridgehead atoms. The Kier molecular flexibility index (Phi) is 6.45. The van der Waals surface area contributed by atoms with Gasteiger partial charge in [-0.05, 0) is 55.2 Å². The quantitative estimate of drug-likeness (QED) is 0.332. The Balaban J connectivity index is 1.50. The third-order valence-corrected chi connectivity index (χ3v) is 7.22. The summed E-state index contributed by atoms with van der Waals surface area (Å²) < 4.78 is 46.7. The second kappa shape index (κ2) is 9.59. The number of benzene rings is 2. The standard InChI is InChI=1S/C27H27F3N4O3/c1-16-11-24(37-2)22(21-7-9-31-25(16)21)15-33-10-8-20(34-14-19(13-32-34)27(28,29)30)12-23(33)17-3-5-18(6-4-17)26(35)36/h3-7,9,11,13-14,20,23,31H,8,10,12,15H2,1-2H3,(H,35,36)/t20-,23+/m1/s1. The van der Waals surface area contributed by atoms with Gasteiger partial charge in [-0.1, -0.05) is 12.1 Å². The number of piperidine rings is 1. The molecule has 0 radical (unpaired) electrons. The van der Waals surface area contributed by atoms with Gasteiger partial charge in [0.05, 0.1) is 30.5 Å². The monoisotopic (exact) mass is 512 g/mol. The van der Waals surface area contributed by atoms with E-state index in [1.54, 1.807) is 31.4 Å². The Labute approximate surface area is 211 Å². The third-order valence-electron chi connectivity index (χ3n) is 7.22. The van der Waals surface area contributed by atoms with Crippen LogP contribution in [0.5, 0.6) is 5.75 Å². The van der Waals surface area contributed by atoms with Gasteiger partial charge in [0.15, 0.2) is 0 Å². The van der Waals surface area contributed by atoms with Crippen LogP contribution >= 0.6 is 0 Å². The molecule has 0 amide bonds. The number of halogens is 3. The Morgan fingerprint density at radius 1 is 1.24 bits per heavy atom. The number of nitrogens with zero attached hydrogens (tertiary/aromatic N) is 3. The van der Waals surface area contributed by atoms with Crippen LogP contribution in [0.3, 0.4) is 0 Å². The van der Waals surface area contributed by atoms with Crippen molar-refractivity contribution < 1.29 is 27.8 Å². The molecule has 2 N–H and O–H groups in total. The molecule has 5 rings (SSSR count). The molecule has 194 valence electrons. The van der Waals surface area contributed by atoms with Crippen molar-refractivity contribution in [3.05, 3.63) is 82.8 Å². The molecule has 0 aliphatic carbocycles. The average Bonchev–Trinajstić information content (AvgIpc) is 3.56.